The lowest BCUT2D eigenvalue weighted by Gasteiger charge is -2.15. The molecular weight excluding hydrogens is 222 g/mol. The summed E-state index contributed by atoms with van der Waals surface area (Å²) in [5.41, 5.74) is 0.603. The molecule has 0 atom stereocenters. The van der Waals surface area contributed by atoms with Crippen molar-refractivity contribution >= 4 is 17.4 Å². The Labute approximate surface area is 99.9 Å². The van der Waals surface area contributed by atoms with E-state index in [1.807, 2.05) is 20.8 Å². The molecule has 0 unspecified atom stereocenters. The SMILES string of the molecule is C=CCCNC(=O)c1snnc1C(C)(C)C. The topological polar surface area (TPSA) is 54.9 Å². The van der Waals surface area contributed by atoms with Crippen molar-refractivity contribution in [1.82, 2.24) is 14.9 Å². The molecule has 0 fully saturated rings. The largest absolute Gasteiger partial charge is 0.351 e. The van der Waals surface area contributed by atoms with Gasteiger partial charge in [0.2, 0.25) is 0 Å². The van der Waals surface area contributed by atoms with Crippen molar-refractivity contribution in [3.8, 4) is 0 Å². The summed E-state index contributed by atoms with van der Waals surface area (Å²) < 4.78 is 3.85. The lowest BCUT2D eigenvalue weighted by Crippen LogP contribution is -2.26. The molecule has 0 aliphatic rings. The highest BCUT2D eigenvalue weighted by molar-refractivity contribution is 7.08. The maximum Gasteiger partial charge on any atom is 0.264 e. The molecule has 0 radical (unpaired) electrons. The van der Waals surface area contributed by atoms with Crippen LogP contribution in [0.3, 0.4) is 0 Å². The van der Waals surface area contributed by atoms with Crippen molar-refractivity contribution in [2.24, 2.45) is 0 Å². The molecule has 16 heavy (non-hydrogen) atoms. The normalized spacial score (nSPS) is 11.2. The van der Waals surface area contributed by atoms with Crippen LogP contribution in [-0.2, 0) is 5.41 Å². The minimum atomic E-state index is -0.155. The molecule has 0 spiro atoms. The number of carbonyl (C=O) groups excluding carboxylic acids is 1. The van der Waals surface area contributed by atoms with E-state index in [0.717, 1.165) is 23.6 Å². The molecular formula is C11H17N3OS. The first-order chi connectivity index (χ1) is 7.46. The summed E-state index contributed by atoms with van der Waals surface area (Å²) in [6.45, 7) is 10.3. The molecule has 1 N–H and O–H groups in total. The van der Waals surface area contributed by atoms with Gasteiger partial charge in [0.05, 0.1) is 5.69 Å². The third-order valence-corrected chi connectivity index (χ3v) is 2.76. The van der Waals surface area contributed by atoms with Gasteiger partial charge in [0.1, 0.15) is 4.88 Å². The average Bonchev–Trinajstić information content (AvgIpc) is 2.65. The molecule has 0 aliphatic heterocycles. The van der Waals surface area contributed by atoms with Gasteiger partial charge in [-0.15, -0.1) is 11.7 Å². The second-order valence-electron chi connectivity index (χ2n) is 4.53. The Balaban J connectivity index is 2.76. The van der Waals surface area contributed by atoms with Gasteiger partial charge in [-0.05, 0) is 18.0 Å². The summed E-state index contributed by atoms with van der Waals surface area (Å²) in [7, 11) is 0. The van der Waals surface area contributed by atoms with Crippen LogP contribution in [0.2, 0.25) is 0 Å². The molecule has 0 saturated carbocycles. The highest BCUT2D eigenvalue weighted by Crippen LogP contribution is 2.25. The summed E-state index contributed by atoms with van der Waals surface area (Å²) in [6.07, 6.45) is 2.54. The van der Waals surface area contributed by atoms with Gasteiger partial charge in [-0.25, -0.2) is 0 Å². The highest BCUT2D eigenvalue weighted by atomic mass is 32.1. The van der Waals surface area contributed by atoms with E-state index in [4.69, 9.17) is 0 Å². The molecule has 88 valence electrons. The fourth-order valence-corrected chi connectivity index (χ4v) is 1.99. The fourth-order valence-electron chi connectivity index (χ4n) is 1.20. The van der Waals surface area contributed by atoms with Gasteiger partial charge >= 0.3 is 0 Å². The number of hydrogen-bond acceptors (Lipinski definition) is 4. The Morgan fingerprint density at radius 2 is 2.25 bits per heavy atom. The minimum absolute atomic E-state index is 0.0956. The zero-order valence-corrected chi connectivity index (χ0v) is 10.7. The second kappa shape index (κ2) is 5.21. The highest BCUT2D eigenvalue weighted by Gasteiger charge is 2.25. The summed E-state index contributed by atoms with van der Waals surface area (Å²) >= 11 is 1.14. The zero-order chi connectivity index (χ0) is 12.2. The fraction of sp³-hybridized carbons (Fsp3) is 0.545. The third-order valence-electron chi connectivity index (χ3n) is 2.04. The van der Waals surface area contributed by atoms with E-state index in [-0.39, 0.29) is 11.3 Å². The lowest BCUT2D eigenvalue weighted by atomic mass is 9.91. The number of hydrogen-bond donors (Lipinski definition) is 1. The number of carbonyl (C=O) groups is 1. The van der Waals surface area contributed by atoms with Crippen molar-refractivity contribution < 1.29 is 4.79 Å². The van der Waals surface area contributed by atoms with Crippen molar-refractivity contribution in [3.63, 3.8) is 0 Å². The van der Waals surface area contributed by atoms with E-state index in [1.165, 1.54) is 0 Å². The van der Waals surface area contributed by atoms with Crippen LogP contribution in [0.15, 0.2) is 12.7 Å². The first kappa shape index (κ1) is 12.8. The Morgan fingerprint density at radius 1 is 1.56 bits per heavy atom. The average molecular weight is 239 g/mol. The van der Waals surface area contributed by atoms with Crippen LogP contribution in [0.25, 0.3) is 0 Å². The van der Waals surface area contributed by atoms with Gasteiger partial charge in [0.15, 0.2) is 0 Å². The molecule has 1 heterocycles. The van der Waals surface area contributed by atoms with Crippen molar-refractivity contribution in [2.75, 3.05) is 6.54 Å². The molecule has 1 aromatic heterocycles. The zero-order valence-electron chi connectivity index (χ0n) is 9.91. The monoisotopic (exact) mass is 239 g/mol. The van der Waals surface area contributed by atoms with Crippen LogP contribution in [0.1, 0.15) is 42.6 Å². The summed E-state index contributed by atoms with van der Waals surface area (Å²) in [5.74, 6) is -0.0956. The van der Waals surface area contributed by atoms with Crippen LogP contribution >= 0.6 is 11.5 Å². The Morgan fingerprint density at radius 3 is 2.81 bits per heavy atom. The predicted octanol–water partition coefficient (Wildman–Crippen LogP) is 2.14. The molecule has 1 aromatic rings. The molecule has 1 amide bonds. The summed E-state index contributed by atoms with van der Waals surface area (Å²) in [5, 5.41) is 6.84. The number of nitrogens with zero attached hydrogens (tertiary/aromatic N) is 2. The Hall–Kier alpha value is -1.23. The standard InChI is InChI=1S/C11H17N3OS/c1-5-6-7-12-10(15)8-9(11(2,3)4)13-14-16-8/h5H,1,6-7H2,2-4H3,(H,12,15). The summed E-state index contributed by atoms with van der Waals surface area (Å²) in [6, 6.07) is 0. The smallest absolute Gasteiger partial charge is 0.264 e. The molecule has 4 nitrogen and oxygen atoms in total. The predicted molar refractivity (Wildman–Crippen MR) is 65.8 cm³/mol. The van der Waals surface area contributed by atoms with Crippen LogP contribution in [-0.4, -0.2) is 22.0 Å². The third kappa shape index (κ3) is 3.13. The van der Waals surface area contributed by atoms with E-state index in [1.54, 1.807) is 6.08 Å². The number of rotatable bonds is 4. The van der Waals surface area contributed by atoms with Gasteiger partial charge in [-0.3, -0.25) is 4.79 Å². The van der Waals surface area contributed by atoms with Gasteiger partial charge in [-0.1, -0.05) is 31.3 Å². The van der Waals surface area contributed by atoms with E-state index in [0.29, 0.717) is 11.4 Å². The van der Waals surface area contributed by atoms with Gasteiger partial charge in [0, 0.05) is 12.0 Å². The Bertz CT molecular complexity index is 379. The van der Waals surface area contributed by atoms with Crippen molar-refractivity contribution in [1.29, 1.82) is 0 Å². The van der Waals surface area contributed by atoms with Crippen LogP contribution < -0.4 is 5.32 Å². The molecule has 0 aliphatic carbocycles. The second-order valence-corrected chi connectivity index (χ2v) is 5.29. The molecule has 0 aromatic carbocycles. The number of nitrogens with one attached hydrogen (secondary N) is 1. The van der Waals surface area contributed by atoms with Crippen molar-refractivity contribution in [3.05, 3.63) is 23.2 Å². The van der Waals surface area contributed by atoms with E-state index < -0.39 is 0 Å². The van der Waals surface area contributed by atoms with E-state index in [2.05, 4.69) is 21.5 Å². The van der Waals surface area contributed by atoms with Gasteiger partial charge in [-0.2, -0.15) is 0 Å². The maximum atomic E-state index is 11.8. The number of aromatic nitrogens is 2. The molecule has 5 heteroatoms. The quantitative estimate of drug-likeness (QED) is 0.647. The molecule has 1 rings (SSSR count). The first-order valence-corrected chi connectivity index (χ1v) is 5.96. The van der Waals surface area contributed by atoms with E-state index in [9.17, 15) is 4.79 Å². The Kier molecular flexibility index (Phi) is 4.18. The minimum Gasteiger partial charge on any atom is -0.351 e. The van der Waals surface area contributed by atoms with E-state index >= 15 is 0 Å². The molecule has 0 bridgehead atoms. The van der Waals surface area contributed by atoms with Crippen LogP contribution in [0.5, 0.6) is 0 Å². The first-order valence-electron chi connectivity index (χ1n) is 5.18. The molecule has 0 saturated heterocycles. The van der Waals surface area contributed by atoms with Crippen LogP contribution in [0, 0.1) is 0 Å². The number of amides is 1. The van der Waals surface area contributed by atoms with Gasteiger partial charge < -0.3 is 5.32 Å². The van der Waals surface area contributed by atoms with Crippen molar-refractivity contribution in [2.45, 2.75) is 32.6 Å². The van der Waals surface area contributed by atoms with Crippen LogP contribution in [0.4, 0.5) is 0 Å². The van der Waals surface area contributed by atoms with Gasteiger partial charge in [0.25, 0.3) is 5.91 Å². The summed E-state index contributed by atoms with van der Waals surface area (Å²) in [4.78, 5) is 12.4. The maximum absolute atomic E-state index is 11.8. The lowest BCUT2D eigenvalue weighted by molar-refractivity contribution is 0.0956.